The van der Waals surface area contributed by atoms with Crippen LogP contribution in [0.5, 0.6) is 0 Å². The van der Waals surface area contributed by atoms with Crippen molar-refractivity contribution in [3.05, 3.63) is 85.1 Å². The molecule has 8 nitrogen and oxygen atoms in total. The van der Waals surface area contributed by atoms with Gasteiger partial charge < -0.3 is 20.1 Å². The minimum atomic E-state index is -4.29. The Bertz CT molecular complexity index is 1130. The fourth-order valence-corrected chi connectivity index (χ4v) is 6.35. The van der Waals surface area contributed by atoms with Crippen LogP contribution in [-0.4, -0.2) is 49.9 Å². The quantitative estimate of drug-likeness (QED) is 0.0272. The van der Waals surface area contributed by atoms with Crippen molar-refractivity contribution in [1.82, 2.24) is 0 Å². The van der Waals surface area contributed by atoms with Crippen LogP contribution >= 0.6 is 7.82 Å². The van der Waals surface area contributed by atoms with E-state index >= 15 is 0 Å². The number of ether oxygens (including phenoxy) is 2. The standard InChI is InChI=1S/C47H82NO7P/c1-3-5-7-9-11-13-15-17-19-21-23-24-26-28-30-32-34-36-38-40-47(49)55-46(45-54-56(50,51)53-43-41-48)44-52-42-39-37-35-33-31-29-27-25-22-20-18-16-14-12-10-8-6-4-2/h6,8,11-14,17-20,23-25,27,46H,3-5,7,9-10,15-16,21-22,26,28-45,48H2,1-2H3,(H,50,51)/b8-6-,13-11-,14-12-,19-17-,20-18-,24-23-,27-25-. The van der Waals surface area contributed by atoms with Crippen LogP contribution < -0.4 is 5.73 Å². The van der Waals surface area contributed by atoms with Crippen LogP contribution in [0.15, 0.2) is 85.1 Å². The maximum atomic E-state index is 12.6. The Labute approximate surface area is 343 Å². The molecule has 322 valence electrons. The second-order valence-corrected chi connectivity index (χ2v) is 15.6. The molecule has 0 aliphatic heterocycles. The zero-order valence-electron chi connectivity index (χ0n) is 35.6. The smallest absolute Gasteiger partial charge is 0.457 e. The Balaban J connectivity index is 4.12. The fraction of sp³-hybridized carbons (Fsp3) is 0.681. The van der Waals surface area contributed by atoms with Gasteiger partial charge in [-0.15, -0.1) is 0 Å². The van der Waals surface area contributed by atoms with Crippen molar-refractivity contribution in [3.8, 4) is 0 Å². The third-order valence-electron chi connectivity index (χ3n) is 8.80. The summed E-state index contributed by atoms with van der Waals surface area (Å²) in [7, 11) is -4.29. The number of hydrogen-bond donors (Lipinski definition) is 2. The molecule has 0 amide bonds. The Hall–Kier alpha value is -2.32. The summed E-state index contributed by atoms with van der Waals surface area (Å²) >= 11 is 0. The molecule has 0 aliphatic carbocycles. The number of hydrogen-bond acceptors (Lipinski definition) is 7. The maximum Gasteiger partial charge on any atom is 0.472 e. The molecular weight excluding hydrogens is 721 g/mol. The van der Waals surface area contributed by atoms with Gasteiger partial charge in [0, 0.05) is 19.6 Å². The third kappa shape index (κ3) is 42.8. The number of carbonyl (C=O) groups excluding carboxylic acids is 1. The second-order valence-electron chi connectivity index (χ2n) is 14.2. The molecule has 0 radical (unpaired) electrons. The van der Waals surface area contributed by atoms with E-state index in [1.54, 1.807) is 0 Å². The van der Waals surface area contributed by atoms with Crippen molar-refractivity contribution in [1.29, 1.82) is 0 Å². The maximum absolute atomic E-state index is 12.6. The lowest BCUT2D eigenvalue weighted by atomic mass is 10.1. The molecule has 0 saturated carbocycles. The van der Waals surface area contributed by atoms with Crippen LogP contribution in [0.3, 0.4) is 0 Å². The molecule has 9 heteroatoms. The van der Waals surface area contributed by atoms with Crippen LogP contribution in [0.2, 0.25) is 0 Å². The van der Waals surface area contributed by atoms with Crippen LogP contribution in [0.4, 0.5) is 0 Å². The molecule has 2 unspecified atom stereocenters. The highest BCUT2D eigenvalue weighted by Crippen LogP contribution is 2.43. The highest BCUT2D eigenvalue weighted by Gasteiger charge is 2.25. The van der Waals surface area contributed by atoms with E-state index in [2.05, 4.69) is 98.9 Å². The molecule has 0 aliphatic rings. The van der Waals surface area contributed by atoms with Crippen LogP contribution in [0.25, 0.3) is 0 Å². The molecule has 0 heterocycles. The van der Waals surface area contributed by atoms with Gasteiger partial charge in [0.25, 0.3) is 0 Å². The first kappa shape index (κ1) is 53.7. The lowest BCUT2D eigenvalue weighted by Crippen LogP contribution is -2.28. The second kappa shape index (κ2) is 43.8. The van der Waals surface area contributed by atoms with E-state index in [0.717, 1.165) is 96.3 Å². The van der Waals surface area contributed by atoms with Gasteiger partial charge in [-0.05, 0) is 89.9 Å². The summed E-state index contributed by atoms with van der Waals surface area (Å²) in [4.78, 5) is 22.5. The number of rotatable bonds is 41. The Morgan fingerprint density at radius 2 is 1.00 bits per heavy atom. The number of nitrogens with two attached hydrogens (primary N) is 1. The molecular formula is C47H82NO7P. The molecule has 2 atom stereocenters. The van der Waals surface area contributed by atoms with Gasteiger partial charge in [0.05, 0.1) is 19.8 Å². The SMILES string of the molecule is CC/C=C\C/C=C\C/C=C\C/C=C\CCCCCCCOCC(COP(=O)(O)OCCN)OC(=O)CCCCCCCC/C=C\C/C=C\C/C=C\CCCCC. The van der Waals surface area contributed by atoms with Gasteiger partial charge in [-0.2, -0.15) is 0 Å². The summed E-state index contributed by atoms with van der Waals surface area (Å²) in [6.07, 6.45) is 56.0. The summed E-state index contributed by atoms with van der Waals surface area (Å²) in [5.74, 6) is -0.353. The molecule has 0 aromatic carbocycles. The molecule has 0 rings (SSSR count). The number of carbonyl (C=O) groups is 1. The predicted octanol–water partition coefficient (Wildman–Crippen LogP) is 13.3. The average molecular weight is 804 g/mol. The summed E-state index contributed by atoms with van der Waals surface area (Å²) in [6.45, 7) is 4.70. The van der Waals surface area contributed by atoms with Crippen LogP contribution in [0, 0.1) is 0 Å². The minimum absolute atomic E-state index is 0.0898. The first-order chi connectivity index (χ1) is 27.4. The number of allylic oxidation sites excluding steroid dienone is 14. The zero-order chi connectivity index (χ0) is 40.9. The summed E-state index contributed by atoms with van der Waals surface area (Å²) in [5.41, 5.74) is 5.37. The van der Waals surface area contributed by atoms with Gasteiger partial charge in [0.1, 0.15) is 6.10 Å². The van der Waals surface area contributed by atoms with Crippen molar-refractivity contribution in [3.63, 3.8) is 0 Å². The van der Waals surface area contributed by atoms with Crippen LogP contribution in [-0.2, 0) is 27.9 Å². The Kier molecular flexibility index (Phi) is 42.0. The number of esters is 1. The van der Waals surface area contributed by atoms with Crippen molar-refractivity contribution in [2.45, 2.75) is 174 Å². The van der Waals surface area contributed by atoms with Gasteiger partial charge in [0.2, 0.25) is 0 Å². The van der Waals surface area contributed by atoms with Gasteiger partial charge >= 0.3 is 13.8 Å². The van der Waals surface area contributed by atoms with Gasteiger partial charge in [-0.1, -0.05) is 157 Å². The Morgan fingerprint density at radius 1 is 0.554 bits per heavy atom. The molecule has 0 saturated heterocycles. The molecule has 0 fully saturated rings. The van der Waals surface area contributed by atoms with Gasteiger partial charge in [-0.25, -0.2) is 4.57 Å². The minimum Gasteiger partial charge on any atom is -0.457 e. The van der Waals surface area contributed by atoms with Crippen molar-refractivity contribution >= 4 is 13.8 Å². The predicted molar refractivity (Wildman–Crippen MR) is 238 cm³/mol. The number of phosphoric ester groups is 1. The lowest BCUT2D eigenvalue weighted by molar-refractivity contribution is -0.154. The van der Waals surface area contributed by atoms with E-state index in [0.29, 0.717) is 13.0 Å². The van der Waals surface area contributed by atoms with Crippen molar-refractivity contribution < 1.29 is 32.8 Å². The lowest BCUT2D eigenvalue weighted by Gasteiger charge is -2.20. The largest absolute Gasteiger partial charge is 0.472 e. The van der Waals surface area contributed by atoms with Gasteiger partial charge in [-0.3, -0.25) is 13.8 Å². The molecule has 3 N–H and O–H groups in total. The Morgan fingerprint density at radius 3 is 1.50 bits per heavy atom. The van der Waals surface area contributed by atoms with Crippen molar-refractivity contribution in [2.75, 3.05) is 33.0 Å². The van der Waals surface area contributed by atoms with E-state index in [1.807, 2.05) is 0 Å². The number of phosphoric acid groups is 1. The highest BCUT2D eigenvalue weighted by atomic mass is 31.2. The van der Waals surface area contributed by atoms with Gasteiger partial charge in [0.15, 0.2) is 0 Å². The molecule has 0 aromatic rings. The monoisotopic (exact) mass is 804 g/mol. The normalized spacial score (nSPS) is 14.3. The van der Waals surface area contributed by atoms with E-state index < -0.39 is 13.9 Å². The first-order valence-electron chi connectivity index (χ1n) is 22.1. The third-order valence-corrected chi connectivity index (χ3v) is 9.78. The summed E-state index contributed by atoms with van der Waals surface area (Å²) in [6, 6.07) is 0. The number of unbranched alkanes of at least 4 members (excludes halogenated alkanes) is 14. The average Bonchev–Trinajstić information content (AvgIpc) is 3.19. The molecule has 0 aromatic heterocycles. The van der Waals surface area contributed by atoms with Crippen LogP contribution in [0.1, 0.15) is 168 Å². The topological polar surface area (TPSA) is 117 Å². The van der Waals surface area contributed by atoms with E-state index in [1.165, 1.54) is 51.4 Å². The van der Waals surface area contributed by atoms with Crippen molar-refractivity contribution in [2.24, 2.45) is 5.73 Å². The molecule has 0 bridgehead atoms. The first-order valence-corrected chi connectivity index (χ1v) is 23.6. The van der Waals surface area contributed by atoms with E-state index in [4.69, 9.17) is 24.3 Å². The summed E-state index contributed by atoms with van der Waals surface area (Å²) < 4.78 is 33.4. The van der Waals surface area contributed by atoms with E-state index in [9.17, 15) is 14.3 Å². The highest BCUT2D eigenvalue weighted by molar-refractivity contribution is 7.47. The molecule has 0 spiro atoms. The molecule has 56 heavy (non-hydrogen) atoms. The summed E-state index contributed by atoms with van der Waals surface area (Å²) in [5, 5.41) is 0. The zero-order valence-corrected chi connectivity index (χ0v) is 36.5. The fourth-order valence-electron chi connectivity index (χ4n) is 5.58. The van der Waals surface area contributed by atoms with E-state index in [-0.39, 0.29) is 32.3 Å².